The van der Waals surface area contributed by atoms with Crippen molar-refractivity contribution in [2.45, 2.75) is 45.4 Å². The van der Waals surface area contributed by atoms with Crippen LogP contribution in [-0.4, -0.2) is 46.0 Å². The molecule has 1 saturated heterocycles. The second kappa shape index (κ2) is 13.5. The average molecular weight is 494 g/mol. The molecule has 190 valence electrons. The number of fused-ring (bicyclic) bond motifs is 1. The molecule has 1 aliphatic carbocycles. The van der Waals surface area contributed by atoms with Gasteiger partial charge in [-0.2, -0.15) is 0 Å². The fraction of sp³-hybridized carbons (Fsp3) is 0.400. The van der Waals surface area contributed by atoms with Crippen molar-refractivity contribution in [1.29, 1.82) is 0 Å². The summed E-state index contributed by atoms with van der Waals surface area (Å²) in [5.74, 6) is 4.45. The van der Waals surface area contributed by atoms with Crippen molar-refractivity contribution in [3.8, 4) is 0 Å². The van der Waals surface area contributed by atoms with Gasteiger partial charge in [0.1, 0.15) is 0 Å². The molecule has 2 atom stereocenters. The molecule has 0 radical (unpaired) electrons. The van der Waals surface area contributed by atoms with Crippen LogP contribution in [0.4, 0.5) is 0 Å². The molecule has 0 bridgehead atoms. The Bertz CT molecular complexity index is 1090. The average Bonchev–Trinajstić information content (AvgIpc) is 2.94. The number of piperidine rings is 1. The Labute approximate surface area is 214 Å². The van der Waals surface area contributed by atoms with E-state index in [1.807, 2.05) is 23.5 Å². The highest BCUT2D eigenvalue weighted by Crippen LogP contribution is 2.43. The molecule has 2 unspecified atom stereocenters. The summed E-state index contributed by atoms with van der Waals surface area (Å²) in [7, 11) is -2.17. The highest BCUT2D eigenvalue weighted by Gasteiger charge is 2.35. The van der Waals surface area contributed by atoms with E-state index in [0.29, 0.717) is 5.92 Å². The summed E-state index contributed by atoms with van der Waals surface area (Å²) in [4.78, 5) is 4.76. The van der Waals surface area contributed by atoms with Crippen LogP contribution < -0.4 is 5.32 Å². The van der Waals surface area contributed by atoms with Crippen LogP contribution in [0.5, 0.6) is 0 Å². The highest BCUT2D eigenvalue weighted by molar-refractivity contribution is 7.97. The lowest BCUT2D eigenvalue weighted by Crippen LogP contribution is -2.40. The van der Waals surface area contributed by atoms with E-state index < -0.39 is 9.71 Å². The first-order chi connectivity index (χ1) is 16.8. The summed E-state index contributed by atoms with van der Waals surface area (Å²) >= 11 is 0. The van der Waals surface area contributed by atoms with Crippen molar-refractivity contribution < 1.29 is 4.21 Å². The fourth-order valence-electron chi connectivity index (χ4n) is 5.05. The van der Waals surface area contributed by atoms with E-state index >= 15 is 0 Å². The van der Waals surface area contributed by atoms with Crippen LogP contribution in [0.15, 0.2) is 79.6 Å². The summed E-state index contributed by atoms with van der Waals surface area (Å²) < 4.78 is 14.5. The first kappa shape index (κ1) is 28.6. The zero-order valence-corrected chi connectivity index (χ0v) is 22.7. The Kier molecular flexibility index (Phi) is 11.0. The largest absolute Gasteiger partial charge is 0.391 e. The number of hydrogen-bond donors (Lipinski definition) is 1. The number of rotatable bonds is 8. The van der Waals surface area contributed by atoms with Gasteiger partial charge in [-0.1, -0.05) is 43.0 Å². The van der Waals surface area contributed by atoms with Gasteiger partial charge in [0.05, 0.1) is 5.71 Å². The number of aryl methyl sites for hydroxylation is 1. The molecule has 1 aliphatic heterocycles. The molecule has 1 aromatic carbocycles. The first-order valence-electron chi connectivity index (χ1n) is 12.4. The van der Waals surface area contributed by atoms with Crippen molar-refractivity contribution >= 4 is 26.9 Å². The third-order valence-corrected chi connectivity index (χ3v) is 8.12. The second-order valence-corrected chi connectivity index (χ2v) is 11.7. The lowest BCUT2D eigenvalue weighted by Gasteiger charge is -2.37. The lowest BCUT2D eigenvalue weighted by molar-refractivity contribution is 0.273. The predicted molar refractivity (Wildman–Crippen MR) is 157 cm³/mol. The van der Waals surface area contributed by atoms with Gasteiger partial charge in [0, 0.05) is 47.7 Å². The fourth-order valence-corrected chi connectivity index (χ4v) is 6.03. The van der Waals surface area contributed by atoms with E-state index in [1.54, 1.807) is 12.5 Å². The second-order valence-electron chi connectivity index (χ2n) is 9.24. The number of hydrogen-bond acceptors (Lipinski definition) is 3. The lowest BCUT2D eigenvalue weighted by atomic mass is 9.75. The number of nitrogens with one attached hydrogen (secondary N) is 1. The molecule has 4 nitrogen and oxygen atoms in total. The Balaban J connectivity index is 0.00000210. The number of nitrogens with zero attached hydrogens (tertiary/aromatic N) is 2. The van der Waals surface area contributed by atoms with Gasteiger partial charge in [0.2, 0.25) is 0 Å². The maximum Gasteiger partial charge on any atom is 0.0547 e. The molecule has 1 N–H and O–H groups in total. The van der Waals surface area contributed by atoms with E-state index in [9.17, 15) is 4.21 Å². The van der Waals surface area contributed by atoms with Crippen LogP contribution in [0.3, 0.4) is 0 Å². The van der Waals surface area contributed by atoms with Gasteiger partial charge in [0.25, 0.3) is 0 Å². The standard InChI is InChI=1S/C28H39N3OS.C2H4/c1-7-15-29-16-9-10-24-20-22(4)28(30-8-2)27(25-12-11-21(3)19-26(24)25)23-13-17-31(18-14-23)33(5,6)32;1-2/h7-8,11-12,15,19-20,23,27,29H,2,4-5,9-10,13-14,16-18H2,1,3,6H3;1-2H2/b15-7-,30-28?;. The molecular weight excluding hydrogens is 450 g/mol. The van der Waals surface area contributed by atoms with Crippen molar-refractivity contribution in [1.82, 2.24) is 9.62 Å². The molecule has 0 saturated carbocycles. The van der Waals surface area contributed by atoms with Crippen LogP contribution in [-0.2, 0) is 9.71 Å². The smallest absolute Gasteiger partial charge is 0.0547 e. The highest BCUT2D eigenvalue weighted by atomic mass is 32.2. The van der Waals surface area contributed by atoms with E-state index in [0.717, 1.165) is 56.6 Å². The van der Waals surface area contributed by atoms with Crippen molar-refractivity contribution in [2.75, 3.05) is 25.9 Å². The van der Waals surface area contributed by atoms with Gasteiger partial charge in [-0.3, -0.25) is 9.20 Å². The summed E-state index contributed by atoms with van der Waals surface area (Å²) in [6, 6.07) is 6.82. The maximum atomic E-state index is 12.5. The van der Waals surface area contributed by atoms with Gasteiger partial charge in [-0.05, 0) is 85.9 Å². The van der Waals surface area contributed by atoms with Gasteiger partial charge < -0.3 is 5.32 Å². The molecule has 1 aromatic rings. The molecule has 35 heavy (non-hydrogen) atoms. The summed E-state index contributed by atoms with van der Waals surface area (Å²) in [6.07, 6.45) is 13.6. The number of aliphatic imine (C=N–C) groups is 1. The van der Waals surface area contributed by atoms with Crippen molar-refractivity contribution in [2.24, 2.45) is 10.9 Å². The van der Waals surface area contributed by atoms with E-state index in [2.05, 4.69) is 68.7 Å². The normalized spacial score (nSPS) is 21.9. The van der Waals surface area contributed by atoms with Gasteiger partial charge >= 0.3 is 0 Å². The molecule has 5 heteroatoms. The molecule has 1 fully saturated rings. The Morgan fingerprint density at radius 1 is 1.26 bits per heavy atom. The predicted octanol–water partition coefficient (Wildman–Crippen LogP) is 6.30. The zero-order chi connectivity index (χ0) is 26.0. The van der Waals surface area contributed by atoms with Crippen molar-refractivity contribution in [3.63, 3.8) is 0 Å². The third kappa shape index (κ3) is 7.42. The Hall–Kier alpha value is -2.63. The topological polar surface area (TPSA) is 44.7 Å². The summed E-state index contributed by atoms with van der Waals surface area (Å²) in [5.41, 5.74) is 7.23. The minimum Gasteiger partial charge on any atom is -0.391 e. The van der Waals surface area contributed by atoms with Gasteiger partial charge in [0.15, 0.2) is 0 Å². The van der Waals surface area contributed by atoms with Gasteiger partial charge in [-0.15, -0.1) is 13.2 Å². The van der Waals surface area contributed by atoms with Crippen LogP contribution in [0.25, 0.3) is 5.57 Å². The molecule has 0 aromatic heterocycles. The summed E-state index contributed by atoms with van der Waals surface area (Å²) in [6.45, 7) is 21.0. The van der Waals surface area contributed by atoms with E-state index in [-0.39, 0.29) is 5.92 Å². The Morgan fingerprint density at radius 2 is 1.94 bits per heavy atom. The van der Waals surface area contributed by atoms with E-state index in [1.165, 1.54) is 22.3 Å². The zero-order valence-electron chi connectivity index (χ0n) is 21.9. The monoisotopic (exact) mass is 493 g/mol. The number of benzene rings is 1. The molecule has 2 aliphatic rings. The first-order valence-corrected chi connectivity index (χ1v) is 14.5. The molecule has 0 spiro atoms. The van der Waals surface area contributed by atoms with Crippen LogP contribution in [0, 0.1) is 12.8 Å². The van der Waals surface area contributed by atoms with E-state index in [4.69, 9.17) is 4.99 Å². The molecular formula is C30H43N3OS. The minimum absolute atomic E-state index is 0.154. The van der Waals surface area contributed by atoms with Crippen LogP contribution in [0.2, 0.25) is 0 Å². The molecule has 1 heterocycles. The van der Waals surface area contributed by atoms with Crippen LogP contribution >= 0.6 is 0 Å². The maximum absolute atomic E-state index is 12.5. The third-order valence-electron chi connectivity index (χ3n) is 6.66. The quantitative estimate of drug-likeness (QED) is 0.263. The number of allylic oxidation sites excluding steroid dienone is 4. The Morgan fingerprint density at radius 3 is 2.54 bits per heavy atom. The van der Waals surface area contributed by atoms with Gasteiger partial charge in [-0.25, -0.2) is 4.31 Å². The van der Waals surface area contributed by atoms with Crippen LogP contribution in [0.1, 0.15) is 55.2 Å². The summed E-state index contributed by atoms with van der Waals surface area (Å²) in [5, 5.41) is 3.34. The van der Waals surface area contributed by atoms with Crippen molar-refractivity contribution in [3.05, 3.63) is 91.3 Å². The molecule has 0 amide bonds. The molecule has 3 rings (SSSR count). The minimum atomic E-state index is -2.17. The SMILES string of the molecule is C=C.C=CN=C1C(=C)C=C(CCCN/C=C\C)c2cc(C)ccc2C1C1CCN(S(=C)(C)=O)CC1.